The molecule has 1 amide bonds. The van der Waals surface area contributed by atoms with E-state index in [9.17, 15) is 22.8 Å². The molecule has 0 saturated heterocycles. The molecule has 1 atom stereocenters. The zero-order valence-electron chi connectivity index (χ0n) is 9.14. The minimum atomic E-state index is -5.11. The van der Waals surface area contributed by atoms with Crippen LogP contribution in [-0.4, -0.2) is 28.7 Å². The second-order valence-corrected chi connectivity index (χ2v) is 6.84. The summed E-state index contributed by atoms with van der Waals surface area (Å²) in [5, 5.41) is 10.2. The number of hydrogen-bond acceptors (Lipinski definition) is 3. The maximum absolute atomic E-state index is 12.7. The van der Waals surface area contributed by atoms with E-state index < -0.39 is 23.6 Å². The third kappa shape index (κ3) is 3.29. The van der Waals surface area contributed by atoms with Gasteiger partial charge in [0.15, 0.2) is 0 Å². The van der Waals surface area contributed by atoms with Crippen molar-refractivity contribution in [2.24, 2.45) is 0 Å². The van der Waals surface area contributed by atoms with Crippen LogP contribution in [-0.2, 0) is 4.79 Å². The van der Waals surface area contributed by atoms with Crippen LogP contribution in [0.4, 0.5) is 13.2 Å². The summed E-state index contributed by atoms with van der Waals surface area (Å²) in [6, 6.07) is 1.29. The molecule has 106 valence electrons. The molecule has 0 saturated carbocycles. The first-order valence-electron chi connectivity index (χ1n) is 4.56. The molecule has 0 bridgehead atoms. The van der Waals surface area contributed by atoms with Gasteiger partial charge < -0.3 is 10.4 Å². The summed E-state index contributed by atoms with van der Waals surface area (Å²) in [6.07, 6.45) is -5.11. The molecular formula is C9H6Br2F3NO3S. The predicted octanol–water partition coefficient (Wildman–Crippen LogP) is 3.41. The van der Waals surface area contributed by atoms with E-state index >= 15 is 0 Å². The number of carboxylic acid groups (broad SMARTS) is 1. The zero-order valence-corrected chi connectivity index (χ0v) is 13.1. The fourth-order valence-corrected chi connectivity index (χ4v) is 2.92. The molecule has 0 fully saturated rings. The number of amides is 1. The van der Waals surface area contributed by atoms with Crippen molar-refractivity contribution in [3.05, 3.63) is 19.2 Å². The highest BCUT2D eigenvalue weighted by atomic mass is 79.9. The Hall–Kier alpha value is -0.610. The van der Waals surface area contributed by atoms with Gasteiger partial charge in [-0.3, -0.25) is 4.79 Å². The Balaban J connectivity index is 3.05. The Morgan fingerprint density at radius 3 is 2.21 bits per heavy atom. The molecule has 1 aromatic rings. The van der Waals surface area contributed by atoms with Gasteiger partial charge in [0, 0.05) is 4.47 Å². The highest BCUT2D eigenvalue weighted by Gasteiger charge is 2.58. The molecule has 1 rings (SSSR count). The Kier molecular flexibility index (Phi) is 4.68. The number of alkyl halides is 3. The summed E-state index contributed by atoms with van der Waals surface area (Å²) in [5.74, 6) is -3.29. The lowest BCUT2D eigenvalue weighted by atomic mass is 10.0. The molecule has 10 heteroatoms. The molecule has 1 unspecified atom stereocenters. The van der Waals surface area contributed by atoms with Crippen molar-refractivity contribution in [3.63, 3.8) is 0 Å². The van der Waals surface area contributed by atoms with E-state index in [2.05, 4.69) is 31.9 Å². The third-order valence-corrected chi connectivity index (χ3v) is 5.48. The van der Waals surface area contributed by atoms with Gasteiger partial charge >= 0.3 is 12.1 Å². The minimum absolute atomic E-state index is 0.0459. The van der Waals surface area contributed by atoms with Crippen molar-refractivity contribution in [1.82, 2.24) is 5.32 Å². The van der Waals surface area contributed by atoms with Gasteiger partial charge in [-0.2, -0.15) is 13.2 Å². The first-order valence-corrected chi connectivity index (χ1v) is 6.96. The number of carbonyl (C=O) groups is 2. The lowest BCUT2D eigenvalue weighted by molar-refractivity contribution is -0.203. The van der Waals surface area contributed by atoms with Crippen molar-refractivity contribution in [3.8, 4) is 0 Å². The first kappa shape index (κ1) is 16.4. The van der Waals surface area contributed by atoms with Gasteiger partial charge in [-0.1, -0.05) is 0 Å². The van der Waals surface area contributed by atoms with Gasteiger partial charge in [0.2, 0.25) is 5.54 Å². The highest BCUT2D eigenvalue weighted by Crippen LogP contribution is 2.34. The lowest BCUT2D eigenvalue weighted by Crippen LogP contribution is -2.61. The van der Waals surface area contributed by atoms with Crippen molar-refractivity contribution in [1.29, 1.82) is 0 Å². The standard InChI is InChI=1S/C9H6Br2F3NO3S/c1-8(7(17)18,9(12,13)14)15-6(16)4-2-3(10)5(11)19-4/h2H,1H3,(H,15,16)(H,17,18). The summed E-state index contributed by atoms with van der Waals surface area (Å²) >= 11 is 7.05. The fourth-order valence-electron chi connectivity index (χ4n) is 0.993. The molecule has 1 aromatic heterocycles. The topological polar surface area (TPSA) is 66.4 Å². The number of rotatable bonds is 3. The second-order valence-electron chi connectivity index (χ2n) is 3.61. The Morgan fingerprint density at radius 1 is 1.37 bits per heavy atom. The Bertz CT molecular complexity index is 512. The van der Waals surface area contributed by atoms with E-state index in [0.29, 0.717) is 15.2 Å². The molecular weight excluding hydrogens is 419 g/mol. The summed E-state index contributed by atoms with van der Waals surface area (Å²) in [5.41, 5.74) is -3.34. The Labute approximate surface area is 126 Å². The number of thiophene rings is 1. The SMILES string of the molecule is CC(NC(=O)c1cc(Br)c(Br)s1)(C(=O)O)C(F)(F)F. The van der Waals surface area contributed by atoms with Crippen molar-refractivity contribution in [2.45, 2.75) is 18.6 Å². The van der Waals surface area contributed by atoms with Crippen LogP contribution in [0.5, 0.6) is 0 Å². The van der Waals surface area contributed by atoms with E-state index in [4.69, 9.17) is 5.11 Å². The molecule has 0 aromatic carbocycles. The van der Waals surface area contributed by atoms with E-state index in [1.54, 1.807) is 0 Å². The van der Waals surface area contributed by atoms with Gasteiger partial charge in [-0.05, 0) is 44.8 Å². The van der Waals surface area contributed by atoms with Gasteiger partial charge in [0.25, 0.3) is 5.91 Å². The molecule has 1 heterocycles. The number of hydrogen-bond donors (Lipinski definition) is 2. The second kappa shape index (κ2) is 5.41. The van der Waals surface area contributed by atoms with Crippen molar-refractivity contribution < 1.29 is 27.9 Å². The average Bonchev–Trinajstić information content (AvgIpc) is 2.57. The zero-order chi connectivity index (χ0) is 15.0. The smallest absolute Gasteiger partial charge is 0.422 e. The van der Waals surface area contributed by atoms with Crippen LogP contribution in [0.1, 0.15) is 16.6 Å². The van der Waals surface area contributed by atoms with Crippen LogP contribution in [0.3, 0.4) is 0 Å². The maximum atomic E-state index is 12.7. The predicted molar refractivity (Wildman–Crippen MR) is 69.3 cm³/mol. The van der Waals surface area contributed by atoms with Crippen LogP contribution in [0.15, 0.2) is 14.3 Å². The number of halogens is 5. The number of aliphatic carboxylic acids is 1. The lowest BCUT2D eigenvalue weighted by Gasteiger charge is -2.28. The van der Waals surface area contributed by atoms with Crippen LogP contribution in [0.2, 0.25) is 0 Å². The molecule has 0 aliphatic rings. The van der Waals surface area contributed by atoms with Crippen LogP contribution < -0.4 is 5.32 Å². The van der Waals surface area contributed by atoms with Gasteiger partial charge in [0.05, 0.1) is 8.66 Å². The quantitative estimate of drug-likeness (QED) is 0.781. The molecule has 0 radical (unpaired) electrons. The number of carboxylic acids is 1. The van der Waals surface area contributed by atoms with Gasteiger partial charge in [-0.15, -0.1) is 11.3 Å². The van der Waals surface area contributed by atoms with E-state index in [-0.39, 0.29) is 4.88 Å². The summed E-state index contributed by atoms with van der Waals surface area (Å²) in [4.78, 5) is 22.4. The monoisotopic (exact) mass is 423 g/mol. The van der Waals surface area contributed by atoms with Crippen LogP contribution in [0, 0.1) is 0 Å². The average molecular weight is 425 g/mol. The maximum Gasteiger partial charge on any atom is 0.422 e. The third-order valence-electron chi connectivity index (χ3n) is 2.23. The molecule has 4 nitrogen and oxygen atoms in total. The van der Waals surface area contributed by atoms with Crippen molar-refractivity contribution in [2.75, 3.05) is 0 Å². The molecule has 0 aliphatic heterocycles. The van der Waals surface area contributed by atoms with Gasteiger partial charge in [-0.25, -0.2) is 4.79 Å². The van der Waals surface area contributed by atoms with Gasteiger partial charge in [0.1, 0.15) is 0 Å². The molecule has 0 spiro atoms. The van der Waals surface area contributed by atoms with Crippen LogP contribution in [0.25, 0.3) is 0 Å². The van der Waals surface area contributed by atoms with E-state index in [0.717, 1.165) is 11.3 Å². The van der Waals surface area contributed by atoms with E-state index in [1.807, 2.05) is 0 Å². The number of nitrogens with one attached hydrogen (secondary N) is 1. The Morgan fingerprint density at radius 2 is 1.89 bits per heavy atom. The largest absolute Gasteiger partial charge is 0.479 e. The van der Waals surface area contributed by atoms with E-state index in [1.165, 1.54) is 11.4 Å². The minimum Gasteiger partial charge on any atom is -0.479 e. The summed E-state index contributed by atoms with van der Waals surface area (Å²) in [6.45, 7) is 0.394. The first-order chi connectivity index (χ1) is 8.49. The molecule has 2 N–H and O–H groups in total. The number of carbonyl (C=O) groups excluding carboxylic acids is 1. The summed E-state index contributed by atoms with van der Waals surface area (Å²) in [7, 11) is 0. The fraction of sp³-hybridized carbons (Fsp3) is 0.333. The normalized spacial score (nSPS) is 14.8. The highest BCUT2D eigenvalue weighted by molar-refractivity contribution is 9.13. The molecule has 19 heavy (non-hydrogen) atoms. The summed E-state index contributed by atoms with van der Waals surface area (Å²) < 4.78 is 39.1. The van der Waals surface area contributed by atoms with Crippen molar-refractivity contribution >= 4 is 55.1 Å². The molecule has 0 aliphatic carbocycles. The van der Waals surface area contributed by atoms with Crippen LogP contribution >= 0.6 is 43.2 Å².